The topological polar surface area (TPSA) is 21.3 Å². The zero-order valence-corrected chi connectivity index (χ0v) is 11.7. The fraction of sp³-hybridized carbons (Fsp3) is 0.600. The Balaban J connectivity index is 3.08. The minimum Gasteiger partial charge on any atom is -0.496 e. The molecule has 0 fully saturated rings. The summed E-state index contributed by atoms with van der Waals surface area (Å²) in [5.41, 5.74) is 2.51. The van der Waals surface area contributed by atoms with Gasteiger partial charge in [0.1, 0.15) is 5.75 Å². The van der Waals surface area contributed by atoms with Crippen LogP contribution in [-0.2, 0) is 0 Å². The Bertz CT molecular complexity index is 349. The Kier molecular flexibility index (Phi) is 5.49. The third kappa shape index (κ3) is 3.47. The Hall–Kier alpha value is -1.02. The van der Waals surface area contributed by atoms with Crippen molar-refractivity contribution < 1.29 is 4.74 Å². The summed E-state index contributed by atoms with van der Waals surface area (Å²) >= 11 is 0. The molecule has 0 aliphatic carbocycles. The lowest BCUT2D eigenvalue weighted by Crippen LogP contribution is -2.27. The van der Waals surface area contributed by atoms with E-state index < -0.39 is 0 Å². The fourth-order valence-electron chi connectivity index (χ4n) is 2.15. The predicted molar refractivity (Wildman–Crippen MR) is 73.6 cm³/mol. The van der Waals surface area contributed by atoms with Crippen LogP contribution < -0.4 is 10.1 Å². The van der Waals surface area contributed by atoms with Crippen LogP contribution in [0.1, 0.15) is 44.4 Å². The average molecular weight is 235 g/mol. The highest BCUT2D eigenvalue weighted by Crippen LogP contribution is 2.32. The van der Waals surface area contributed by atoms with E-state index in [0.717, 1.165) is 18.7 Å². The monoisotopic (exact) mass is 235 g/mol. The maximum absolute atomic E-state index is 5.51. The lowest BCUT2D eigenvalue weighted by molar-refractivity contribution is 0.355. The molecular formula is C15H25NO. The number of nitrogens with one attached hydrogen (secondary N) is 1. The number of ether oxygens (including phenoxy) is 1. The van der Waals surface area contributed by atoms with Crippen molar-refractivity contribution in [1.82, 2.24) is 5.32 Å². The van der Waals surface area contributed by atoms with Gasteiger partial charge >= 0.3 is 0 Å². The Labute approximate surface area is 105 Å². The summed E-state index contributed by atoms with van der Waals surface area (Å²) in [5.74, 6) is 1.60. The molecule has 1 rings (SSSR count). The summed E-state index contributed by atoms with van der Waals surface area (Å²) in [7, 11) is 1.75. The van der Waals surface area contributed by atoms with E-state index in [1.54, 1.807) is 7.11 Å². The highest BCUT2D eigenvalue weighted by atomic mass is 16.5. The van der Waals surface area contributed by atoms with Crippen LogP contribution in [0.3, 0.4) is 0 Å². The third-order valence-electron chi connectivity index (χ3n) is 3.36. The quantitative estimate of drug-likeness (QED) is 0.811. The van der Waals surface area contributed by atoms with Crippen LogP contribution in [0.4, 0.5) is 0 Å². The molecule has 0 saturated heterocycles. The molecule has 0 amide bonds. The van der Waals surface area contributed by atoms with E-state index in [1.165, 1.54) is 11.1 Å². The number of rotatable bonds is 6. The van der Waals surface area contributed by atoms with Crippen molar-refractivity contribution in [3.05, 3.63) is 29.3 Å². The van der Waals surface area contributed by atoms with Gasteiger partial charge in [0.2, 0.25) is 0 Å². The van der Waals surface area contributed by atoms with E-state index in [4.69, 9.17) is 4.74 Å². The first kappa shape index (κ1) is 14.0. The molecule has 1 aromatic carbocycles. The number of aryl methyl sites for hydroxylation is 1. The van der Waals surface area contributed by atoms with Gasteiger partial charge in [-0.3, -0.25) is 0 Å². The normalized spacial score (nSPS) is 14.4. The summed E-state index contributed by atoms with van der Waals surface area (Å²) in [6.45, 7) is 9.74. The van der Waals surface area contributed by atoms with Gasteiger partial charge in [-0.15, -0.1) is 0 Å². The minimum atomic E-state index is 0.376. The van der Waals surface area contributed by atoms with E-state index >= 15 is 0 Å². The zero-order valence-electron chi connectivity index (χ0n) is 11.7. The molecule has 0 aromatic heterocycles. The van der Waals surface area contributed by atoms with E-state index in [1.807, 2.05) is 0 Å². The Morgan fingerprint density at radius 3 is 2.53 bits per heavy atom. The standard InChI is InChI=1S/C15H25NO/c1-6-12(4)15(16-7-2)13-9-8-11(3)10-14(13)17-5/h8-10,12,15-16H,6-7H2,1-5H3. The molecule has 17 heavy (non-hydrogen) atoms. The van der Waals surface area contributed by atoms with Crippen molar-refractivity contribution in [2.45, 2.75) is 40.2 Å². The van der Waals surface area contributed by atoms with E-state index in [0.29, 0.717) is 12.0 Å². The van der Waals surface area contributed by atoms with Gasteiger partial charge in [0, 0.05) is 11.6 Å². The van der Waals surface area contributed by atoms with Crippen molar-refractivity contribution >= 4 is 0 Å². The molecule has 1 aromatic rings. The van der Waals surface area contributed by atoms with Crippen LogP contribution in [-0.4, -0.2) is 13.7 Å². The van der Waals surface area contributed by atoms with E-state index in [-0.39, 0.29) is 0 Å². The number of methoxy groups -OCH3 is 1. The summed E-state index contributed by atoms with van der Waals surface area (Å²) in [5, 5.41) is 3.56. The predicted octanol–water partition coefficient (Wildman–Crippen LogP) is 3.70. The molecule has 96 valence electrons. The highest BCUT2D eigenvalue weighted by molar-refractivity contribution is 5.39. The second-order valence-corrected chi connectivity index (χ2v) is 4.67. The van der Waals surface area contributed by atoms with Crippen molar-refractivity contribution in [1.29, 1.82) is 0 Å². The average Bonchev–Trinajstić information content (AvgIpc) is 2.35. The fourth-order valence-corrected chi connectivity index (χ4v) is 2.15. The second kappa shape index (κ2) is 6.65. The first-order chi connectivity index (χ1) is 8.13. The van der Waals surface area contributed by atoms with Crippen molar-refractivity contribution in [2.75, 3.05) is 13.7 Å². The molecule has 2 heteroatoms. The van der Waals surface area contributed by atoms with Gasteiger partial charge in [0.05, 0.1) is 7.11 Å². The van der Waals surface area contributed by atoms with Gasteiger partial charge in [0.15, 0.2) is 0 Å². The molecule has 0 aliphatic heterocycles. The summed E-state index contributed by atoms with van der Waals surface area (Å²) in [6, 6.07) is 6.83. The van der Waals surface area contributed by atoms with Crippen molar-refractivity contribution in [3.63, 3.8) is 0 Å². The number of benzene rings is 1. The third-order valence-corrected chi connectivity index (χ3v) is 3.36. The van der Waals surface area contributed by atoms with Crippen LogP contribution in [0.5, 0.6) is 5.75 Å². The Morgan fingerprint density at radius 1 is 1.29 bits per heavy atom. The van der Waals surface area contributed by atoms with Gasteiger partial charge in [-0.25, -0.2) is 0 Å². The van der Waals surface area contributed by atoms with Gasteiger partial charge in [-0.1, -0.05) is 39.3 Å². The molecule has 0 radical (unpaired) electrons. The van der Waals surface area contributed by atoms with Crippen LogP contribution >= 0.6 is 0 Å². The molecule has 0 heterocycles. The van der Waals surface area contributed by atoms with Gasteiger partial charge in [-0.05, 0) is 31.0 Å². The lowest BCUT2D eigenvalue weighted by atomic mass is 9.91. The highest BCUT2D eigenvalue weighted by Gasteiger charge is 2.20. The molecule has 0 spiro atoms. The molecule has 1 N–H and O–H groups in total. The van der Waals surface area contributed by atoms with Gasteiger partial charge < -0.3 is 10.1 Å². The molecule has 0 saturated carbocycles. The SMILES string of the molecule is CCNC(c1ccc(C)cc1OC)C(C)CC. The van der Waals surface area contributed by atoms with E-state index in [9.17, 15) is 0 Å². The van der Waals surface area contributed by atoms with Gasteiger partial charge in [-0.2, -0.15) is 0 Å². The summed E-state index contributed by atoms with van der Waals surface area (Å²) in [6.07, 6.45) is 1.16. The minimum absolute atomic E-state index is 0.376. The maximum Gasteiger partial charge on any atom is 0.123 e. The first-order valence-electron chi connectivity index (χ1n) is 6.51. The number of hydrogen-bond donors (Lipinski definition) is 1. The van der Waals surface area contributed by atoms with Crippen LogP contribution in [0, 0.1) is 12.8 Å². The maximum atomic E-state index is 5.51. The largest absolute Gasteiger partial charge is 0.496 e. The van der Waals surface area contributed by atoms with Crippen LogP contribution in [0.25, 0.3) is 0 Å². The Morgan fingerprint density at radius 2 is 2.00 bits per heavy atom. The smallest absolute Gasteiger partial charge is 0.123 e. The lowest BCUT2D eigenvalue weighted by Gasteiger charge is -2.26. The number of hydrogen-bond acceptors (Lipinski definition) is 2. The van der Waals surface area contributed by atoms with Crippen molar-refractivity contribution in [3.8, 4) is 5.75 Å². The molecule has 0 bridgehead atoms. The zero-order chi connectivity index (χ0) is 12.8. The van der Waals surface area contributed by atoms with Crippen LogP contribution in [0.2, 0.25) is 0 Å². The van der Waals surface area contributed by atoms with Crippen LogP contribution in [0.15, 0.2) is 18.2 Å². The molecule has 2 unspecified atom stereocenters. The molecular weight excluding hydrogens is 210 g/mol. The summed E-state index contributed by atoms with van der Waals surface area (Å²) in [4.78, 5) is 0. The van der Waals surface area contributed by atoms with E-state index in [2.05, 4.69) is 51.2 Å². The second-order valence-electron chi connectivity index (χ2n) is 4.67. The molecule has 2 atom stereocenters. The first-order valence-corrected chi connectivity index (χ1v) is 6.51. The molecule has 0 aliphatic rings. The summed E-state index contributed by atoms with van der Waals surface area (Å²) < 4.78 is 5.51. The van der Waals surface area contributed by atoms with Gasteiger partial charge in [0.25, 0.3) is 0 Å². The van der Waals surface area contributed by atoms with Crippen molar-refractivity contribution in [2.24, 2.45) is 5.92 Å². The molecule has 2 nitrogen and oxygen atoms in total.